The summed E-state index contributed by atoms with van der Waals surface area (Å²) in [5.41, 5.74) is 3.58. The number of rotatable bonds is 8. The van der Waals surface area contributed by atoms with Crippen LogP contribution in [0, 0.1) is 0 Å². The summed E-state index contributed by atoms with van der Waals surface area (Å²) in [6, 6.07) is 14.6. The molecule has 1 unspecified atom stereocenters. The van der Waals surface area contributed by atoms with E-state index in [1.54, 1.807) is 0 Å². The maximum atomic E-state index is 6.08. The topological polar surface area (TPSA) is 21.3 Å². The van der Waals surface area contributed by atoms with Crippen molar-refractivity contribution in [3.63, 3.8) is 0 Å². The Balaban J connectivity index is 1.63. The van der Waals surface area contributed by atoms with Crippen molar-refractivity contribution in [1.82, 2.24) is 0 Å². The van der Waals surface area contributed by atoms with E-state index in [2.05, 4.69) is 43.4 Å². The summed E-state index contributed by atoms with van der Waals surface area (Å²) in [6.07, 6.45) is 9.37. The molecule has 1 heterocycles. The largest absolute Gasteiger partial charge is 0.453 e. The van der Waals surface area contributed by atoms with Crippen molar-refractivity contribution in [2.45, 2.75) is 64.7 Å². The summed E-state index contributed by atoms with van der Waals surface area (Å²) in [6.45, 7) is 4.61. The van der Waals surface area contributed by atoms with Crippen molar-refractivity contribution >= 4 is 11.4 Å². The lowest BCUT2D eigenvalue weighted by atomic mass is 9.92. The van der Waals surface area contributed by atoms with E-state index in [1.807, 2.05) is 18.2 Å². The molecule has 0 aromatic heterocycles. The standard InChI is InChI=1S/C22H29NO/c1-3-4-5-6-7-8-12-17(2)18-13-11-16-21-22(18)23-19-14-9-10-15-20(19)24-21/h9-11,13-17,23H,3-8,12H2,1-2H3. The highest BCUT2D eigenvalue weighted by molar-refractivity contribution is 5.78. The van der Waals surface area contributed by atoms with Gasteiger partial charge in [0.2, 0.25) is 0 Å². The molecule has 0 radical (unpaired) electrons. The van der Waals surface area contributed by atoms with Crippen LogP contribution in [0.1, 0.15) is 70.3 Å². The fourth-order valence-corrected chi connectivity index (χ4v) is 3.48. The first-order chi connectivity index (χ1) is 11.8. The summed E-state index contributed by atoms with van der Waals surface area (Å²) in [7, 11) is 0. The molecule has 2 aromatic carbocycles. The monoisotopic (exact) mass is 323 g/mol. The van der Waals surface area contributed by atoms with E-state index in [0.29, 0.717) is 5.92 Å². The third-order valence-electron chi connectivity index (χ3n) is 4.95. The number of fused-ring (bicyclic) bond motifs is 2. The Morgan fingerprint density at radius 2 is 1.62 bits per heavy atom. The van der Waals surface area contributed by atoms with Crippen molar-refractivity contribution in [1.29, 1.82) is 0 Å². The fourth-order valence-electron chi connectivity index (χ4n) is 3.48. The molecule has 1 aliphatic heterocycles. The van der Waals surface area contributed by atoms with E-state index < -0.39 is 0 Å². The Morgan fingerprint density at radius 3 is 2.50 bits per heavy atom. The highest BCUT2D eigenvalue weighted by Gasteiger charge is 2.21. The van der Waals surface area contributed by atoms with E-state index >= 15 is 0 Å². The number of hydrogen-bond acceptors (Lipinski definition) is 2. The van der Waals surface area contributed by atoms with Crippen LogP contribution in [0.2, 0.25) is 0 Å². The van der Waals surface area contributed by atoms with Crippen molar-refractivity contribution in [3.8, 4) is 11.5 Å². The Labute approximate surface area is 146 Å². The minimum atomic E-state index is 0.549. The number of hydrogen-bond donors (Lipinski definition) is 1. The highest BCUT2D eigenvalue weighted by atomic mass is 16.5. The quantitative estimate of drug-likeness (QED) is 0.436. The van der Waals surface area contributed by atoms with E-state index in [4.69, 9.17) is 4.74 Å². The molecule has 1 N–H and O–H groups in total. The maximum absolute atomic E-state index is 6.08. The average Bonchev–Trinajstić information content (AvgIpc) is 2.62. The van der Waals surface area contributed by atoms with Crippen LogP contribution >= 0.6 is 0 Å². The molecule has 0 saturated carbocycles. The molecule has 0 spiro atoms. The zero-order valence-electron chi connectivity index (χ0n) is 15.0. The van der Waals surface area contributed by atoms with Crippen LogP contribution in [0.4, 0.5) is 11.4 Å². The molecular formula is C22H29NO. The summed E-state index contributed by atoms with van der Waals surface area (Å²) in [4.78, 5) is 0. The molecular weight excluding hydrogens is 294 g/mol. The Kier molecular flexibility index (Phi) is 5.79. The maximum Gasteiger partial charge on any atom is 0.151 e. The molecule has 0 bridgehead atoms. The molecule has 128 valence electrons. The van der Waals surface area contributed by atoms with Crippen molar-refractivity contribution in [2.24, 2.45) is 0 Å². The van der Waals surface area contributed by atoms with Gasteiger partial charge in [0.05, 0.1) is 11.4 Å². The predicted octanol–water partition coefficient (Wildman–Crippen LogP) is 7.39. The van der Waals surface area contributed by atoms with Crippen LogP contribution < -0.4 is 10.1 Å². The lowest BCUT2D eigenvalue weighted by Crippen LogP contribution is -2.07. The van der Waals surface area contributed by atoms with Gasteiger partial charge in [-0.25, -0.2) is 0 Å². The minimum absolute atomic E-state index is 0.549. The van der Waals surface area contributed by atoms with E-state index in [-0.39, 0.29) is 0 Å². The van der Waals surface area contributed by atoms with Crippen molar-refractivity contribution in [3.05, 3.63) is 48.0 Å². The predicted molar refractivity (Wildman–Crippen MR) is 103 cm³/mol. The van der Waals surface area contributed by atoms with Gasteiger partial charge < -0.3 is 10.1 Å². The van der Waals surface area contributed by atoms with Crippen LogP contribution in [-0.2, 0) is 0 Å². The molecule has 0 fully saturated rings. The van der Waals surface area contributed by atoms with Crippen LogP contribution in [0.25, 0.3) is 0 Å². The summed E-state index contributed by atoms with van der Waals surface area (Å²) >= 11 is 0. The first-order valence-corrected chi connectivity index (χ1v) is 9.46. The lowest BCUT2D eigenvalue weighted by Gasteiger charge is -2.26. The first kappa shape index (κ1) is 16.9. The fraction of sp³-hybridized carbons (Fsp3) is 0.455. The van der Waals surface area contributed by atoms with Crippen LogP contribution in [-0.4, -0.2) is 0 Å². The molecule has 0 aliphatic carbocycles. The smallest absolute Gasteiger partial charge is 0.151 e. The number of ether oxygens (including phenoxy) is 1. The average molecular weight is 323 g/mol. The second-order valence-electron chi connectivity index (χ2n) is 6.90. The lowest BCUT2D eigenvalue weighted by molar-refractivity contribution is 0.479. The molecule has 1 aliphatic rings. The molecule has 2 heteroatoms. The van der Waals surface area contributed by atoms with Crippen molar-refractivity contribution < 1.29 is 4.74 Å². The normalized spacial score (nSPS) is 13.4. The van der Waals surface area contributed by atoms with Gasteiger partial charge in [-0.3, -0.25) is 0 Å². The second-order valence-corrected chi connectivity index (χ2v) is 6.90. The van der Waals surface area contributed by atoms with Gasteiger partial charge in [0.1, 0.15) is 0 Å². The number of anilines is 2. The molecule has 0 saturated heterocycles. The Morgan fingerprint density at radius 1 is 0.875 bits per heavy atom. The minimum Gasteiger partial charge on any atom is -0.453 e. The molecule has 2 aromatic rings. The molecule has 0 amide bonds. The molecule has 24 heavy (non-hydrogen) atoms. The second kappa shape index (κ2) is 8.23. The summed E-state index contributed by atoms with van der Waals surface area (Å²) in [5.74, 6) is 2.40. The SMILES string of the molecule is CCCCCCCCC(C)c1cccc2c1Nc1ccccc1O2. The Bertz CT molecular complexity index is 665. The third-order valence-corrected chi connectivity index (χ3v) is 4.95. The number of unbranched alkanes of at least 4 members (excludes halogenated alkanes) is 5. The van der Waals surface area contributed by atoms with Gasteiger partial charge in [0, 0.05) is 0 Å². The van der Waals surface area contributed by atoms with Gasteiger partial charge in [-0.05, 0) is 36.1 Å². The molecule has 2 nitrogen and oxygen atoms in total. The van der Waals surface area contributed by atoms with Crippen LogP contribution in [0.3, 0.4) is 0 Å². The van der Waals surface area contributed by atoms with Gasteiger partial charge >= 0.3 is 0 Å². The van der Waals surface area contributed by atoms with Gasteiger partial charge in [0.25, 0.3) is 0 Å². The van der Waals surface area contributed by atoms with Crippen LogP contribution in [0.5, 0.6) is 11.5 Å². The highest BCUT2D eigenvalue weighted by Crippen LogP contribution is 2.45. The van der Waals surface area contributed by atoms with Gasteiger partial charge in [-0.2, -0.15) is 0 Å². The van der Waals surface area contributed by atoms with E-state index in [9.17, 15) is 0 Å². The van der Waals surface area contributed by atoms with Crippen molar-refractivity contribution in [2.75, 3.05) is 5.32 Å². The number of para-hydroxylation sites is 3. The summed E-state index contributed by atoms with van der Waals surface area (Å²) in [5, 5.41) is 3.58. The van der Waals surface area contributed by atoms with Gasteiger partial charge in [-0.1, -0.05) is 76.6 Å². The van der Waals surface area contributed by atoms with E-state index in [0.717, 1.165) is 22.9 Å². The zero-order valence-corrected chi connectivity index (χ0v) is 15.0. The van der Waals surface area contributed by atoms with Gasteiger partial charge in [-0.15, -0.1) is 0 Å². The summed E-state index contributed by atoms with van der Waals surface area (Å²) < 4.78 is 6.08. The third kappa shape index (κ3) is 3.92. The van der Waals surface area contributed by atoms with Crippen LogP contribution in [0.15, 0.2) is 42.5 Å². The molecule has 1 atom stereocenters. The zero-order chi connectivity index (χ0) is 16.8. The Hall–Kier alpha value is -1.96. The molecule has 3 rings (SSSR count). The van der Waals surface area contributed by atoms with Gasteiger partial charge in [0.15, 0.2) is 11.5 Å². The first-order valence-electron chi connectivity index (χ1n) is 9.46. The van der Waals surface area contributed by atoms with E-state index in [1.165, 1.54) is 50.5 Å². The number of nitrogens with one attached hydrogen (secondary N) is 1. The number of benzene rings is 2.